The normalized spacial score (nSPS) is 11.5. The van der Waals surface area contributed by atoms with Crippen molar-refractivity contribution in [2.75, 3.05) is 33.4 Å². The molecule has 4 nitrogen and oxygen atoms in total. The summed E-state index contributed by atoms with van der Waals surface area (Å²) in [5.41, 5.74) is 0. The van der Waals surface area contributed by atoms with E-state index in [9.17, 15) is 18.0 Å². The van der Waals surface area contributed by atoms with Crippen molar-refractivity contribution in [1.82, 2.24) is 10.6 Å². The van der Waals surface area contributed by atoms with Gasteiger partial charge in [-0.05, 0) is 6.42 Å². The Labute approximate surface area is 92.5 Å². The highest BCUT2D eigenvalue weighted by atomic mass is 19.4. The summed E-state index contributed by atoms with van der Waals surface area (Å²) >= 11 is 0. The van der Waals surface area contributed by atoms with Gasteiger partial charge >= 0.3 is 6.18 Å². The van der Waals surface area contributed by atoms with E-state index >= 15 is 0 Å². The van der Waals surface area contributed by atoms with E-state index in [0.29, 0.717) is 19.6 Å². The van der Waals surface area contributed by atoms with Gasteiger partial charge in [-0.1, -0.05) is 0 Å². The zero-order chi connectivity index (χ0) is 12.4. The van der Waals surface area contributed by atoms with Crippen molar-refractivity contribution in [2.45, 2.75) is 19.0 Å². The molecular weight excluding hydrogens is 225 g/mol. The van der Waals surface area contributed by atoms with Gasteiger partial charge in [0.25, 0.3) is 0 Å². The average Bonchev–Trinajstić information content (AvgIpc) is 2.18. The first-order valence-electron chi connectivity index (χ1n) is 4.99. The monoisotopic (exact) mass is 242 g/mol. The van der Waals surface area contributed by atoms with Gasteiger partial charge in [-0.2, -0.15) is 13.2 Å². The lowest BCUT2D eigenvalue weighted by atomic mass is 10.4. The number of carbonyl (C=O) groups excluding carboxylic acids is 1. The van der Waals surface area contributed by atoms with Gasteiger partial charge in [0.15, 0.2) is 0 Å². The molecule has 16 heavy (non-hydrogen) atoms. The molecule has 0 unspecified atom stereocenters. The van der Waals surface area contributed by atoms with E-state index in [2.05, 4.69) is 10.6 Å². The lowest BCUT2D eigenvalue weighted by Gasteiger charge is -2.08. The van der Waals surface area contributed by atoms with Crippen molar-refractivity contribution in [2.24, 2.45) is 0 Å². The number of carbonyl (C=O) groups is 1. The molecule has 0 bridgehead atoms. The van der Waals surface area contributed by atoms with Crippen LogP contribution in [-0.2, 0) is 9.53 Å². The van der Waals surface area contributed by atoms with Crippen molar-refractivity contribution in [3.63, 3.8) is 0 Å². The van der Waals surface area contributed by atoms with Crippen LogP contribution in [0.2, 0.25) is 0 Å². The minimum absolute atomic E-state index is 0.0942. The summed E-state index contributed by atoms with van der Waals surface area (Å²) in [7, 11) is 1.56. The van der Waals surface area contributed by atoms with Gasteiger partial charge in [-0.3, -0.25) is 4.79 Å². The van der Waals surface area contributed by atoms with Crippen LogP contribution in [-0.4, -0.2) is 45.4 Å². The first-order valence-corrected chi connectivity index (χ1v) is 4.99. The third kappa shape index (κ3) is 11.3. The molecule has 7 heteroatoms. The van der Waals surface area contributed by atoms with Crippen molar-refractivity contribution in [3.05, 3.63) is 0 Å². The van der Waals surface area contributed by atoms with Crippen LogP contribution in [0.15, 0.2) is 0 Å². The summed E-state index contributed by atoms with van der Waals surface area (Å²) < 4.78 is 39.9. The number of nitrogens with one attached hydrogen (secondary N) is 2. The van der Waals surface area contributed by atoms with Crippen LogP contribution < -0.4 is 10.6 Å². The number of amides is 1. The highest BCUT2D eigenvalue weighted by Gasteiger charge is 2.25. The maximum absolute atomic E-state index is 11.7. The number of alkyl halides is 3. The molecule has 96 valence electrons. The van der Waals surface area contributed by atoms with E-state index in [0.717, 1.165) is 0 Å². The largest absolute Gasteiger partial charge is 0.390 e. The fraction of sp³-hybridized carbons (Fsp3) is 0.889. The van der Waals surface area contributed by atoms with Crippen LogP contribution >= 0.6 is 0 Å². The van der Waals surface area contributed by atoms with E-state index in [1.54, 1.807) is 7.11 Å². The highest BCUT2D eigenvalue weighted by Crippen LogP contribution is 2.17. The van der Waals surface area contributed by atoms with Gasteiger partial charge in [0.1, 0.15) is 0 Å². The molecule has 0 aliphatic carbocycles. The first-order chi connectivity index (χ1) is 7.45. The number of hydrogen-bond acceptors (Lipinski definition) is 3. The minimum Gasteiger partial charge on any atom is -0.385 e. The Bertz CT molecular complexity index is 198. The van der Waals surface area contributed by atoms with Gasteiger partial charge < -0.3 is 15.4 Å². The molecule has 0 atom stereocenters. The fourth-order valence-corrected chi connectivity index (χ4v) is 0.939. The van der Waals surface area contributed by atoms with E-state index < -0.39 is 12.6 Å². The predicted octanol–water partition coefficient (Wildman–Crippen LogP) is 0.681. The molecule has 0 aliphatic heterocycles. The molecule has 0 radical (unpaired) electrons. The van der Waals surface area contributed by atoms with Crippen molar-refractivity contribution in [3.8, 4) is 0 Å². The van der Waals surface area contributed by atoms with Crippen LogP contribution in [0.1, 0.15) is 12.8 Å². The molecule has 0 fully saturated rings. The summed E-state index contributed by atoms with van der Waals surface area (Å²) in [6.07, 6.45) is -4.42. The fourth-order valence-electron chi connectivity index (χ4n) is 0.939. The summed E-state index contributed by atoms with van der Waals surface area (Å²) in [4.78, 5) is 11.0. The van der Waals surface area contributed by atoms with Crippen LogP contribution in [0.5, 0.6) is 0 Å². The summed E-state index contributed by atoms with van der Waals surface area (Å²) in [6.45, 7) is 0.674. The minimum atomic E-state index is -4.18. The topological polar surface area (TPSA) is 50.4 Å². The first kappa shape index (κ1) is 15.2. The van der Waals surface area contributed by atoms with E-state index in [1.807, 2.05) is 0 Å². The molecule has 0 saturated heterocycles. The second kappa shape index (κ2) is 8.35. The molecule has 0 aliphatic rings. The lowest BCUT2D eigenvalue weighted by molar-refractivity contribution is -0.134. The van der Waals surface area contributed by atoms with Gasteiger partial charge in [-0.15, -0.1) is 0 Å². The number of rotatable bonds is 8. The zero-order valence-electron chi connectivity index (χ0n) is 9.19. The third-order valence-corrected chi connectivity index (χ3v) is 1.72. The summed E-state index contributed by atoms with van der Waals surface area (Å²) in [6, 6.07) is 0. The number of methoxy groups -OCH3 is 1. The number of halogens is 3. The van der Waals surface area contributed by atoms with E-state index in [1.165, 1.54) is 0 Å². The molecule has 0 aromatic heterocycles. The van der Waals surface area contributed by atoms with Crippen molar-refractivity contribution < 1.29 is 22.7 Å². The standard InChI is InChI=1S/C9H17F3N2O2/c1-16-6-2-4-14-8(15)7-13-5-3-9(10,11)12/h13H,2-7H2,1H3,(H,14,15). The molecule has 2 N–H and O–H groups in total. The molecule has 0 rings (SSSR count). The second-order valence-electron chi connectivity index (χ2n) is 3.24. The number of ether oxygens (including phenoxy) is 1. The Kier molecular flexibility index (Phi) is 7.92. The van der Waals surface area contributed by atoms with E-state index in [-0.39, 0.29) is 19.0 Å². The maximum atomic E-state index is 11.7. The Morgan fingerprint density at radius 3 is 2.56 bits per heavy atom. The molecule has 1 amide bonds. The molecule has 0 aromatic carbocycles. The molecule has 0 aromatic rings. The Morgan fingerprint density at radius 2 is 2.00 bits per heavy atom. The van der Waals surface area contributed by atoms with Crippen LogP contribution in [0.3, 0.4) is 0 Å². The van der Waals surface area contributed by atoms with Gasteiger partial charge in [0.05, 0.1) is 13.0 Å². The van der Waals surface area contributed by atoms with Gasteiger partial charge in [-0.25, -0.2) is 0 Å². The smallest absolute Gasteiger partial charge is 0.385 e. The summed E-state index contributed by atoms with van der Waals surface area (Å²) in [5.74, 6) is -0.307. The predicted molar refractivity (Wildman–Crippen MR) is 53.0 cm³/mol. The summed E-state index contributed by atoms with van der Waals surface area (Å²) in [5, 5.41) is 4.97. The maximum Gasteiger partial charge on any atom is 0.390 e. The van der Waals surface area contributed by atoms with Crippen molar-refractivity contribution in [1.29, 1.82) is 0 Å². The van der Waals surface area contributed by atoms with Crippen LogP contribution in [0, 0.1) is 0 Å². The second-order valence-corrected chi connectivity index (χ2v) is 3.24. The molecule has 0 saturated carbocycles. The Hall–Kier alpha value is -0.820. The third-order valence-electron chi connectivity index (χ3n) is 1.72. The molecule has 0 heterocycles. The SMILES string of the molecule is COCCCNC(=O)CNCCC(F)(F)F. The molecular formula is C9H17F3N2O2. The molecule has 0 spiro atoms. The van der Waals surface area contributed by atoms with Crippen LogP contribution in [0.4, 0.5) is 13.2 Å². The van der Waals surface area contributed by atoms with Crippen molar-refractivity contribution >= 4 is 5.91 Å². The Morgan fingerprint density at radius 1 is 1.31 bits per heavy atom. The lowest BCUT2D eigenvalue weighted by Crippen LogP contribution is -2.35. The zero-order valence-corrected chi connectivity index (χ0v) is 9.19. The van der Waals surface area contributed by atoms with Gasteiger partial charge in [0.2, 0.25) is 5.91 Å². The van der Waals surface area contributed by atoms with Crippen LogP contribution in [0.25, 0.3) is 0 Å². The highest BCUT2D eigenvalue weighted by molar-refractivity contribution is 5.77. The Balaban J connectivity index is 3.31. The van der Waals surface area contributed by atoms with E-state index in [4.69, 9.17) is 4.74 Å². The number of hydrogen-bond donors (Lipinski definition) is 2. The average molecular weight is 242 g/mol. The quantitative estimate of drug-likeness (QED) is 0.615. The van der Waals surface area contributed by atoms with Gasteiger partial charge in [0, 0.05) is 26.8 Å².